The van der Waals surface area contributed by atoms with E-state index in [1.807, 2.05) is 91.0 Å². The molecule has 4 heterocycles. The lowest BCUT2D eigenvalue weighted by molar-refractivity contribution is -0.117. The number of fused-ring (bicyclic) bond motifs is 2. The molecule has 0 unspecified atom stereocenters. The average Bonchev–Trinajstić information content (AvgIpc) is 3.69. The first kappa shape index (κ1) is 24.4. The molecule has 2 N–H and O–H groups in total. The molecule has 41 heavy (non-hydrogen) atoms. The largest absolute Gasteiger partial charge is 0.347 e. The van der Waals surface area contributed by atoms with Gasteiger partial charge in [0.25, 0.3) is 5.91 Å². The molecule has 3 aromatic carbocycles. The van der Waals surface area contributed by atoms with Crippen LogP contribution in [-0.2, 0) is 17.8 Å². The molecule has 0 radical (unpaired) electrons. The fraction of sp³-hybridized carbons (Fsp3) is 0.0606. The van der Waals surface area contributed by atoms with Gasteiger partial charge >= 0.3 is 0 Å². The van der Waals surface area contributed by atoms with Crippen LogP contribution in [-0.4, -0.2) is 36.8 Å². The molecule has 8 nitrogen and oxygen atoms in total. The smallest absolute Gasteiger partial charge is 0.279 e. The normalized spacial score (nSPS) is 12.9. The van der Waals surface area contributed by atoms with Gasteiger partial charge in [-0.15, -0.1) is 0 Å². The van der Waals surface area contributed by atoms with Gasteiger partial charge in [-0.25, -0.2) is 0 Å². The molecule has 1 amide bonds. The van der Waals surface area contributed by atoms with E-state index < -0.39 is 0 Å². The van der Waals surface area contributed by atoms with E-state index in [-0.39, 0.29) is 24.8 Å². The highest BCUT2D eigenvalue weighted by atomic mass is 16.2. The van der Waals surface area contributed by atoms with E-state index in [4.69, 9.17) is 5.10 Å². The van der Waals surface area contributed by atoms with Gasteiger partial charge in [0, 0.05) is 40.9 Å². The maximum absolute atomic E-state index is 14.4. The van der Waals surface area contributed by atoms with E-state index in [0.29, 0.717) is 28.1 Å². The first-order valence-electron chi connectivity index (χ1n) is 13.3. The fourth-order valence-electron chi connectivity index (χ4n) is 5.37. The van der Waals surface area contributed by atoms with Crippen molar-refractivity contribution in [1.29, 1.82) is 0 Å². The van der Waals surface area contributed by atoms with E-state index in [2.05, 4.69) is 20.5 Å². The number of carbonyl (C=O) groups excluding carboxylic acids is 2. The molecule has 0 atom stereocenters. The van der Waals surface area contributed by atoms with Crippen LogP contribution in [0.25, 0.3) is 38.9 Å². The number of rotatable bonds is 6. The maximum Gasteiger partial charge on any atom is 0.279 e. The highest BCUT2D eigenvalue weighted by molar-refractivity contribution is 6.28. The van der Waals surface area contributed by atoms with Gasteiger partial charge in [-0.1, -0.05) is 72.8 Å². The first-order chi connectivity index (χ1) is 20.2. The number of aromatic amines is 1. The first-order valence-corrected chi connectivity index (χ1v) is 13.3. The van der Waals surface area contributed by atoms with Gasteiger partial charge in [0.15, 0.2) is 0 Å². The van der Waals surface area contributed by atoms with Gasteiger partial charge < -0.3 is 5.32 Å². The van der Waals surface area contributed by atoms with E-state index in [1.165, 1.54) is 4.68 Å². The van der Waals surface area contributed by atoms with Crippen molar-refractivity contribution in [2.24, 2.45) is 0 Å². The zero-order chi connectivity index (χ0) is 27.8. The standard InChI is InChI=1S/C33H24N6O2/c40-32(35-20-25-15-17-36-37-25)26-19-28-30(21-8-3-1-4-9-21)31(22-10-5-2-6-11-22)38-39(28)33(41)29(26)24-13-14-27-23(18-24)12-7-16-34-27/h1-18H,19-20H2,(H,35,40)(H,36,37). The molecule has 7 rings (SSSR count). The van der Waals surface area contributed by atoms with Gasteiger partial charge in [-0.3, -0.25) is 19.7 Å². The summed E-state index contributed by atoms with van der Waals surface area (Å²) < 4.78 is 1.47. The zero-order valence-electron chi connectivity index (χ0n) is 21.9. The van der Waals surface area contributed by atoms with Crippen molar-refractivity contribution in [1.82, 2.24) is 30.3 Å². The Morgan fingerprint density at radius 2 is 1.63 bits per heavy atom. The van der Waals surface area contributed by atoms with Crippen molar-refractivity contribution < 1.29 is 9.59 Å². The lowest BCUT2D eigenvalue weighted by Crippen LogP contribution is -2.32. The lowest BCUT2D eigenvalue weighted by atomic mass is 9.89. The summed E-state index contributed by atoms with van der Waals surface area (Å²) in [5, 5.41) is 15.6. The quantitative estimate of drug-likeness (QED) is 0.294. The number of amides is 1. The van der Waals surface area contributed by atoms with Crippen LogP contribution in [0, 0.1) is 0 Å². The summed E-state index contributed by atoms with van der Waals surface area (Å²) in [5.41, 5.74) is 6.97. The number of carbonyl (C=O) groups is 2. The van der Waals surface area contributed by atoms with Crippen LogP contribution in [0.4, 0.5) is 0 Å². The molecule has 1 aliphatic heterocycles. The molecule has 198 valence electrons. The van der Waals surface area contributed by atoms with Crippen LogP contribution in [0.5, 0.6) is 0 Å². The second-order valence-corrected chi connectivity index (χ2v) is 9.83. The summed E-state index contributed by atoms with van der Waals surface area (Å²) in [6.07, 6.45) is 3.59. The SMILES string of the molecule is O=C(NCc1ccn[nH]1)C1=C(c2ccc3ncccc3c2)C(=O)n2nc(-c3ccccc3)c(-c3ccccc3)c2C1. The number of nitrogens with one attached hydrogen (secondary N) is 2. The number of pyridine rings is 1. The molecule has 0 spiro atoms. The van der Waals surface area contributed by atoms with Crippen LogP contribution in [0.15, 0.2) is 115 Å². The van der Waals surface area contributed by atoms with Crippen molar-refractivity contribution in [2.75, 3.05) is 0 Å². The predicted molar refractivity (Wildman–Crippen MR) is 157 cm³/mol. The number of benzene rings is 3. The molecule has 6 aromatic rings. The molecule has 0 fully saturated rings. The van der Waals surface area contributed by atoms with Crippen molar-refractivity contribution in [3.63, 3.8) is 0 Å². The third-order valence-corrected chi connectivity index (χ3v) is 7.31. The summed E-state index contributed by atoms with van der Waals surface area (Å²) in [6.45, 7) is 0.255. The minimum atomic E-state index is -0.347. The Kier molecular flexibility index (Phi) is 6.05. The van der Waals surface area contributed by atoms with Gasteiger partial charge in [0.05, 0.1) is 29.0 Å². The fourth-order valence-corrected chi connectivity index (χ4v) is 5.37. The van der Waals surface area contributed by atoms with Crippen molar-refractivity contribution in [3.05, 3.63) is 132 Å². The van der Waals surface area contributed by atoms with Crippen LogP contribution in [0.1, 0.15) is 21.7 Å². The van der Waals surface area contributed by atoms with E-state index in [1.54, 1.807) is 18.5 Å². The number of H-pyrrole nitrogens is 1. The molecular weight excluding hydrogens is 512 g/mol. The molecule has 1 aliphatic rings. The average molecular weight is 537 g/mol. The molecular formula is C33H24N6O2. The number of hydrogen-bond donors (Lipinski definition) is 2. The number of nitrogens with zero attached hydrogens (tertiary/aromatic N) is 4. The van der Waals surface area contributed by atoms with Crippen molar-refractivity contribution >= 4 is 28.3 Å². The van der Waals surface area contributed by atoms with Crippen LogP contribution < -0.4 is 5.32 Å². The molecule has 0 aliphatic carbocycles. The van der Waals surface area contributed by atoms with Crippen LogP contribution in [0.3, 0.4) is 0 Å². The Hall–Kier alpha value is -5.63. The predicted octanol–water partition coefficient (Wildman–Crippen LogP) is 5.45. The summed E-state index contributed by atoms with van der Waals surface area (Å²) in [7, 11) is 0. The summed E-state index contributed by atoms with van der Waals surface area (Å²) >= 11 is 0. The maximum atomic E-state index is 14.4. The summed E-state index contributed by atoms with van der Waals surface area (Å²) in [6, 6.07) is 30.9. The van der Waals surface area contributed by atoms with Crippen molar-refractivity contribution in [3.8, 4) is 22.4 Å². The highest BCUT2D eigenvalue weighted by Crippen LogP contribution is 2.40. The van der Waals surface area contributed by atoms with Gasteiger partial charge in [0.2, 0.25) is 5.91 Å². The Labute approximate surface area is 235 Å². The van der Waals surface area contributed by atoms with E-state index >= 15 is 0 Å². The molecule has 0 bridgehead atoms. The van der Waals surface area contributed by atoms with Crippen LogP contribution in [0.2, 0.25) is 0 Å². The van der Waals surface area contributed by atoms with Gasteiger partial charge in [0.1, 0.15) is 5.69 Å². The van der Waals surface area contributed by atoms with Crippen LogP contribution >= 0.6 is 0 Å². The van der Waals surface area contributed by atoms with E-state index in [0.717, 1.165) is 33.3 Å². The third kappa shape index (κ3) is 4.41. The Bertz CT molecular complexity index is 1940. The molecule has 8 heteroatoms. The molecule has 0 saturated carbocycles. The number of allylic oxidation sites excluding steroid dienone is 1. The lowest BCUT2D eigenvalue weighted by Gasteiger charge is -2.22. The van der Waals surface area contributed by atoms with E-state index in [9.17, 15) is 9.59 Å². The summed E-state index contributed by atoms with van der Waals surface area (Å²) in [4.78, 5) is 32.6. The number of hydrogen-bond acceptors (Lipinski definition) is 5. The van der Waals surface area contributed by atoms with Crippen molar-refractivity contribution in [2.45, 2.75) is 13.0 Å². The Morgan fingerprint density at radius 3 is 2.39 bits per heavy atom. The molecule has 0 saturated heterocycles. The highest BCUT2D eigenvalue weighted by Gasteiger charge is 2.35. The summed E-state index contributed by atoms with van der Waals surface area (Å²) in [5.74, 6) is -0.664. The Morgan fingerprint density at radius 1 is 0.854 bits per heavy atom. The third-order valence-electron chi connectivity index (χ3n) is 7.31. The second-order valence-electron chi connectivity index (χ2n) is 9.83. The molecule has 3 aromatic heterocycles. The second kappa shape index (κ2) is 10.2. The zero-order valence-corrected chi connectivity index (χ0v) is 21.9. The van der Waals surface area contributed by atoms with Gasteiger partial charge in [-0.2, -0.15) is 14.9 Å². The topological polar surface area (TPSA) is 106 Å². The minimum absolute atomic E-state index is 0.227. The monoisotopic (exact) mass is 536 g/mol. The van der Waals surface area contributed by atoms with Gasteiger partial charge in [-0.05, 0) is 35.4 Å². The Balaban J connectivity index is 1.41. The number of aromatic nitrogens is 5. The minimum Gasteiger partial charge on any atom is -0.347 e.